The Labute approximate surface area is 142 Å². The molecular weight excluding hydrogens is 324 g/mol. The van der Waals surface area contributed by atoms with Gasteiger partial charge in [-0.1, -0.05) is 30.3 Å². The summed E-state index contributed by atoms with van der Waals surface area (Å²) in [5, 5.41) is 2.69. The molecule has 2 aromatic carbocycles. The molecule has 2 aromatic rings. The number of nitrogens with one attached hydrogen (secondary N) is 2. The molecule has 0 spiro atoms. The molecule has 24 heavy (non-hydrogen) atoms. The lowest BCUT2D eigenvalue weighted by Crippen LogP contribution is -2.30. The summed E-state index contributed by atoms with van der Waals surface area (Å²) >= 11 is 0. The lowest BCUT2D eigenvalue weighted by atomic mass is 10.2. The standard InChI is InChI=1S/C18H20N2O3S/c1-14(2)20-24(22,23)17-11-9-16(10-12-17)19-18(21)13-8-15-6-4-3-5-7-15/h3-14,20H,1-2H3,(H,19,21)/b13-8+. The van der Waals surface area contributed by atoms with Crippen LogP contribution in [0.15, 0.2) is 65.6 Å². The van der Waals surface area contributed by atoms with E-state index in [0.29, 0.717) is 5.69 Å². The molecule has 0 radical (unpaired) electrons. The Bertz CT molecular complexity index is 811. The van der Waals surface area contributed by atoms with Gasteiger partial charge in [-0.2, -0.15) is 0 Å². The molecule has 0 bridgehead atoms. The molecular formula is C18H20N2O3S. The van der Waals surface area contributed by atoms with Gasteiger partial charge >= 0.3 is 0 Å². The zero-order chi connectivity index (χ0) is 17.6. The summed E-state index contributed by atoms with van der Waals surface area (Å²) < 4.78 is 26.6. The third-order valence-electron chi connectivity index (χ3n) is 3.05. The van der Waals surface area contributed by atoms with Crippen molar-refractivity contribution in [1.29, 1.82) is 0 Å². The van der Waals surface area contributed by atoms with Crippen molar-refractivity contribution in [3.8, 4) is 0 Å². The molecule has 0 heterocycles. The number of hydrogen-bond donors (Lipinski definition) is 2. The summed E-state index contributed by atoms with van der Waals surface area (Å²) in [4.78, 5) is 12.0. The highest BCUT2D eigenvalue weighted by Crippen LogP contribution is 2.14. The van der Waals surface area contributed by atoms with Gasteiger partial charge < -0.3 is 5.32 Å². The molecule has 2 N–H and O–H groups in total. The van der Waals surface area contributed by atoms with Crippen LogP contribution in [0, 0.1) is 0 Å². The molecule has 0 unspecified atom stereocenters. The normalized spacial score (nSPS) is 11.8. The Balaban J connectivity index is 2.01. The molecule has 0 atom stereocenters. The van der Waals surface area contributed by atoms with E-state index in [9.17, 15) is 13.2 Å². The number of benzene rings is 2. The predicted molar refractivity (Wildman–Crippen MR) is 96.0 cm³/mol. The second-order valence-corrected chi connectivity index (χ2v) is 7.25. The summed E-state index contributed by atoms with van der Waals surface area (Å²) in [5.74, 6) is -0.283. The van der Waals surface area contributed by atoms with Gasteiger partial charge in [0.05, 0.1) is 4.90 Å². The molecule has 0 aliphatic heterocycles. The van der Waals surface area contributed by atoms with Crippen LogP contribution in [0.25, 0.3) is 6.08 Å². The Hall–Kier alpha value is -2.44. The molecule has 0 saturated heterocycles. The SMILES string of the molecule is CC(C)NS(=O)(=O)c1ccc(NC(=O)/C=C/c2ccccc2)cc1. The van der Waals surface area contributed by atoms with Crippen LogP contribution in [0.4, 0.5) is 5.69 Å². The molecule has 0 aliphatic rings. The van der Waals surface area contributed by atoms with Crippen molar-refractivity contribution in [1.82, 2.24) is 4.72 Å². The first-order valence-electron chi connectivity index (χ1n) is 7.53. The van der Waals surface area contributed by atoms with Crippen molar-refractivity contribution in [2.75, 3.05) is 5.32 Å². The molecule has 0 aliphatic carbocycles. The summed E-state index contributed by atoms with van der Waals surface area (Å²) in [6.07, 6.45) is 3.14. The first-order valence-corrected chi connectivity index (χ1v) is 9.01. The second kappa shape index (κ2) is 7.90. The lowest BCUT2D eigenvalue weighted by molar-refractivity contribution is -0.111. The van der Waals surface area contributed by atoms with Gasteiger partial charge in [0.2, 0.25) is 15.9 Å². The summed E-state index contributed by atoms with van der Waals surface area (Å²) in [6, 6.07) is 15.3. The minimum atomic E-state index is -3.53. The Kier molecular flexibility index (Phi) is 5.89. The summed E-state index contributed by atoms with van der Waals surface area (Å²) in [5.41, 5.74) is 1.45. The number of carbonyl (C=O) groups is 1. The average molecular weight is 344 g/mol. The van der Waals surface area contributed by atoms with Crippen molar-refractivity contribution in [2.24, 2.45) is 0 Å². The van der Waals surface area contributed by atoms with Gasteiger partial charge in [-0.05, 0) is 49.8 Å². The maximum Gasteiger partial charge on any atom is 0.248 e. The van der Waals surface area contributed by atoms with Crippen molar-refractivity contribution >= 4 is 27.7 Å². The second-order valence-electron chi connectivity index (χ2n) is 5.53. The number of hydrogen-bond acceptors (Lipinski definition) is 3. The van der Waals surface area contributed by atoms with E-state index in [-0.39, 0.29) is 16.8 Å². The topological polar surface area (TPSA) is 75.3 Å². The maximum absolute atomic E-state index is 12.0. The van der Waals surface area contributed by atoms with E-state index >= 15 is 0 Å². The fourth-order valence-electron chi connectivity index (χ4n) is 2.02. The highest BCUT2D eigenvalue weighted by atomic mass is 32.2. The monoisotopic (exact) mass is 344 g/mol. The number of carbonyl (C=O) groups excluding carboxylic acids is 1. The molecule has 0 aromatic heterocycles. The number of rotatable bonds is 6. The quantitative estimate of drug-likeness (QED) is 0.791. The molecule has 6 heteroatoms. The van der Waals surface area contributed by atoms with E-state index in [1.54, 1.807) is 32.1 Å². The van der Waals surface area contributed by atoms with Gasteiger partial charge in [0, 0.05) is 17.8 Å². The summed E-state index contributed by atoms with van der Waals surface area (Å²) in [6.45, 7) is 3.51. The van der Waals surface area contributed by atoms with Crippen LogP contribution < -0.4 is 10.0 Å². The van der Waals surface area contributed by atoms with Crippen LogP contribution >= 0.6 is 0 Å². The number of anilines is 1. The van der Waals surface area contributed by atoms with Crippen LogP contribution in [0.1, 0.15) is 19.4 Å². The lowest BCUT2D eigenvalue weighted by Gasteiger charge is -2.10. The molecule has 0 saturated carbocycles. The minimum absolute atomic E-state index is 0.161. The highest BCUT2D eigenvalue weighted by molar-refractivity contribution is 7.89. The minimum Gasteiger partial charge on any atom is -0.323 e. The van der Waals surface area contributed by atoms with Crippen LogP contribution in [0.5, 0.6) is 0 Å². The zero-order valence-corrected chi connectivity index (χ0v) is 14.4. The Morgan fingerprint density at radius 3 is 2.21 bits per heavy atom. The number of amides is 1. The first kappa shape index (κ1) is 17.9. The van der Waals surface area contributed by atoms with Gasteiger partial charge in [-0.3, -0.25) is 4.79 Å². The van der Waals surface area contributed by atoms with E-state index in [4.69, 9.17) is 0 Å². The first-order chi connectivity index (χ1) is 11.4. The average Bonchev–Trinajstić information content (AvgIpc) is 2.53. The molecule has 126 valence electrons. The Morgan fingerprint density at radius 2 is 1.62 bits per heavy atom. The fraction of sp³-hybridized carbons (Fsp3) is 0.167. The van der Waals surface area contributed by atoms with E-state index in [2.05, 4.69) is 10.0 Å². The molecule has 2 rings (SSSR count). The smallest absolute Gasteiger partial charge is 0.248 e. The van der Waals surface area contributed by atoms with Gasteiger partial charge in [-0.15, -0.1) is 0 Å². The number of sulfonamides is 1. The predicted octanol–water partition coefficient (Wildman–Crippen LogP) is 3.03. The third-order valence-corrected chi connectivity index (χ3v) is 4.72. The van der Waals surface area contributed by atoms with E-state index in [0.717, 1.165) is 5.56 Å². The van der Waals surface area contributed by atoms with Crippen LogP contribution in [-0.2, 0) is 14.8 Å². The highest BCUT2D eigenvalue weighted by Gasteiger charge is 2.14. The Morgan fingerprint density at radius 1 is 1.00 bits per heavy atom. The van der Waals surface area contributed by atoms with Crippen molar-refractivity contribution in [3.63, 3.8) is 0 Å². The maximum atomic E-state index is 12.0. The molecule has 1 amide bonds. The van der Waals surface area contributed by atoms with Crippen molar-refractivity contribution in [2.45, 2.75) is 24.8 Å². The van der Waals surface area contributed by atoms with E-state index in [1.807, 2.05) is 30.3 Å². The largest absolute Gasteiger partial charge is 0.323 e. The summed E-state index contributed by atoms with van der Waals surface area (Å²) in [7, 11) is -3.53. The van der Waals surface area contributed by atoms with Gasteiger partial charge in [-0.25, -0.2) is 13.1 Å². The zero-order valence-electron chi connectivity index (χ0n) is 13.6. The van der Waals surface area contributed by atoms with Gasteiger partial charge in [0.25, 0.3) is 0 Å². The van der Waals surface area contributed by atoms with Gasteiger partial charge in [0.1, 0.15) is 0 Å². The fourth-order valence-corrected chi connectivity index (χ4v) is 3.27. The van der Waals surface area contributed by atoms with Gasteiger partial charge in [0.15, 0.2) is 0 Å². The van der Waals surface area contributed by atoms with Crippen LogP contribution in [0.2, 0.25) is 0 Å². The van der Waals surface area contributed by atoms with Crippen molar-refractivity contribution in [3.05, 3.63) is 66.2 Å². The molecule has 5 nitrogen and oxygen atoms in total. The van der Waals surface area contributed by atoms with Crippen LogP contribution in [-0.4, -0.2) is 20.4 Å². The molecule has 0 fully saturated rings. The van der Waals surface area contributed by atoms with Crippen LogP contribution in [0.3, 0.4) is 0 Å². The van der Waals surface area contributed by atoms with E-state index < -0.39 is 10.0 Å². The van der Waals surface area contributed by atoms with E-state index in [1.165, 1.54) is 18.2 Å². The van der Waals surface area contributed by atoms with Crippen molar-refractivity contribution < 1.29 is 13.2 Å². The third kappa shape index (κ3) is 5.33.